The zero-order valence-corrected chi connectivity index (χ0v) is 11.6. The molecule has 0 amide bonds. The maximum atomic E-state index is 5.67. The lowest BCUT2D eigenvalue weighted by Gasteiger charge is -2.22. The molecule has 19 heavy (non-hydrogen) atoms. The van der Waals surface area contributed by atoms with Gasteiger partial charge >= 0.3 is 0 Å². The first kappa shape index (κ1) is 12.8. The van der Waals surface area contributed by atoms with Gasteiger partial charge in [-0.15, -0.1) is 0 Å². The van der Waals surface area contributed by atoms with Gasteiger partial charge in [0.15, 0.2) is 5.16 Å². The Kier molecular flexibility index (Phi) is 3.91. The molecule has 102 valence electrons. The van der Waals surface area contributed by atoms with Crippen LogP contribution in [0.3, 0.4) is 0 Å². The van der Waals surface area contributed by atoms with Crippen LogP contribution in [0.5, 0.6) is 5.75 Å². The lowest BCUT2D eigenvalue weighted by atomic mass is 10.3. The maximum Gasteiger partial charge on any atom is 0.166 e. The Morgan fingerprint density at radius 2 is 2.47 bits per heavy atom. The van der Waals surface area contributed by atoms with E-state index in [9.17, 15) is 0 Å². The quantitative estimate of drug-likeness (QED) is 0.833. The highest BCUT2D eigenvalue weighted by Crippen LogP contribution is 2.23. The van der Waals surface area contributed by atoms with Crippen LogP contribution in [-0.4, -0.2) is 48.6 Å². The van der Waals surface area contributed by atoms with Crippen LogP contribution in [-0.2, 0) is 4.74 Å². The first-order valence-corrected chi connectivity index (χ1v) is 7.32. The first-order chi connectivity index (χ1) is 9.35. The second kappa shape index (κ2) is 5.81. The van der Waals surface area contributed by atoms with Crippen molar-refractivity contribution in [3.8, 4) is 5.75 Å². The molecule has 6 heteroatoms. The second-order valence-electron chi connectivity index (χ2n) is 4.43. The van der Waals surface area contributed by atoms with Gasteiger partial charge in [-0.25, -0.2) is 4.98 Å². The van der Waals surface area contributed by atoms with E-state index in [1.165, 1.54) is 0 Å². The Morgan fingerprint density at radius 3 is 3.26 bits per heavy atom. The van der Waals surface area contributed by atoms with E-state index < -0.39 is 0 Å². The summed E-state index contributed by atoms with van der Waals surface area (Å²) in [7, 11) is 1.67. The van der Waals surface area contributed by atoms with Gasteiger partial charge in [0.05, 0.1) is 30.9 Å². The van der Waals surface area contributed by atoms with E-state index in [-0.39, 0.29) is 6.10 Å². The van der Waals surface area contributed by atoms with Crippen LogP contribution in [0.2, 0.25) is 0 Å². The van der Waals surface area contributed by atoms with Crippen molar-refractivity contribution in [3.05, 3.63) is 18.2 Å². The van der Waals surface area contributed by atoms with E-state index in [1.54, 1.807) is 18.9 Å². The first-order valence-electron chi connectivity index (χ1n) is 6.34. The van der Waals surface area contributed by atoms with Crippen LogP contribution in [0.4, 0.5) is 0 Å². The van der Waals surface area contributed by atoms with Crippen LogP contribution < -0.4 is 10.1 Å². The second-order valence-corrected chi connectivity index (χ2v) is 5.44. The van der Waals surface area contributed by atoms with Crippen LogP contribution in [0.15, 0.2) is 23.4 Å². The molecule has 1 aliphatic heterocycles. The summed E-state index contributed by atoms with van der Waals surface area (Å²) in [5.41, 5.74) is 1.97. The van der Waals surface area contributed by atoms with Gasteiger partial charge in [-0.05, 0) is 12.1 Å². The smallest absolute Gasteiger partial charge is 0.166 e. The number of ether oxygens (including phenoxy) is 2. The standard InChI is InChI=1S/C13H17N3O2S/c1-17-9-2-3-11-12(6-9)16-13(15-11)19-8-10-7-14-4-5-18-10/h2-3,6,10,14H,4-5,7-8H2,1H3,(H,15,16). The Labute approximate surface area is 116 Å². The fourth-order valence-electron chi connectivity index (χ4n) is 2.06. The zero-order chi connectivity index (χ0) is 13.1. The van der Waals surface area contributed by atoms with Gasteiger partial charge in [0, 0.05) is 24.9 Å². The van der Waals surface area contributed by atoms with Crippen molar-refractivity contribution in [1.82, 2.24) is 15.3 Å². The van der Waals surface area contributed by atoms with Crippen molar-refractivity contribution in [3.63, 3.8) is 0 Å². The highest BCUT2D eigenvalue weighted by molar-refractivity contribution is 7.99. The van der Waals surface area contributed by atoms with Crippen molar-refractivity contribution >= 4 is 22.8 Å². The number of rotatable bonds is 4. The summed E-state index contributed by atoms with van der Waals surface area (Å²) in [6.07, 6.45) is 0.265. The average molecular weight is 279 g/mol. The molecule has 1 atom stereocenters. The Balaban J connectivity index is 1.67. The lowest BCUT2D eigenvalue weighted by Crippen LogP contribution is -2.39. The number of hydrogen-bond donors (Lipinski definition) is 2. The summed E-state index contributed by atoms with van der Waals surface area (Å²) in [4.78, 5) is 7.85. The van der Waals surface area contributed by atoms with Gasteiger partial charge < -0.3 is 19.8 Å². The molecule has 5 nitrogen and oxygen atoms in total. The number of nitrogens with one attached hydrogen (secondary N) is 2. The van der Waals surface area contributed by atoms with Crippen LogP contribution in [0.25, 0.3) is 11.0 Å². The molecule has 2 N–H and O–H groups in total. The third kappa shape index (κ3) is 3.02. The number of imidazole rings is 1. The topological polar surface area (TPSA) is 59.2 Å². The number of benzene rings is 1. The number of thioether (sulfide) groups is 1. The highest BCUT2D eigenvalue weighted by Gasteiger charge is 2.14. The maximum absolute atomic E-state index is 5.67. The van der Waals surface area contributed by atoms with Crippen molar-refractivity contribution in [1.29, 1.82) is 0 Å². The number of hydrogen-bond acceptors (Lipinski definition) is 5. The monoisotopic (exact) mass is 279 g/mol. The van der Waals surface area contributed by atoms with Crippen molar-refractivity contribution in [2.45, 2.75) is 11.3 Å². The van der Waals surface area contributed by atoms with E-state index in [0.717, 1.165) is 47.4 Å². The van der Waals surface area contributed by atoms with Crippen molar-refractivity contribution < 1.29 is 9.47 Å². The molecular weight excluding hydrogens is 262 g/mol. The summed E-state index contributed by atoms with van der Waals surface area (Å²) in [6.45, 7) is 2.66. The van der Waals surface area contributed by atoms with Crippen molar-refractivity contribution in [2.75, 3.05) is 32.6 Å². The van der Waals surface area contributed by atoms with Crippen LogP contribution >= 0.6 is 11.8 Å². The fraction of sp³-hybridized carbons (Fsp3) is 0.462. The Bertz CT molecular complexity index is 552. The third-order valence-electron chi connectivity index (χ3n) is 3.08. The molecule has 2 heterocycles. The van der Waals surface area contributed by atoms with Gasteiger partial charge in [0.2, 0.25) is 0 Å². The average Bonchev–Trinajstić information content (AvgIpc) is 2.88. The third-order valence-corrected chi connectivity index (χ3v) is 4.08. The van der Waals surface area contributed by atoms with E-state index in [0.29, 0.717) is 0 Å². The van der Waals surface area contributed by atoms with Gasteiger partial charge in [-0.1, -0.05) is 11.8 Å². The zero-order valence-electron chi connectivity index (χ0n) is 10.8. The number of methoxy groups -OCH3 is 1. The molecule has 0 bridgehead atoms. The summed E-state index contributed by atoms with van der Waals surface area (Å²) in [5, 5.41) is 4.26. The normalized spacial score (nSPS) is 19.7. The summed E-state index contributed by atoms with van der Waals surface area (Å²) in [5.74, 6) is 1.75. The Hall–Kier alpha value is -1.24. The van der Waals surface area contributed by atoms with Crippen molar-refractivity contribution in [2.24, 2.45) is 0 Å². The minimum Gasteiger partial charge on any atom is -0.497 e. The highest BCUT2D eigenvalue weighted by atomic mass is 32.2. The summed E-state index contributed by atoms with van der Waals surface area (Å²) in [6, 6.07) is 5.85. The molecule has 0 radical (unpaired) electrons. The minimum absolute atomic E-state index is 0.265. The van der Waals surface area contributed by atoms with Crippen LogP contribution in [0.1, 0.15) is 0 Å². The largest absolute Gasteiger partial charge is 0.497 e. The molecule has 0 aliphatic carbocycles. The van der Waals surface area contributed by atoms with Crippen LogP contribution in [0, 0.1) is 0 Å². The number of aromatic amines is 1. The van der Waals surface area contributed by atoms with E-state index in [4.69, 9.17) is 9.47 Å². The number of H-pyrrole nitrogens is 1. The fourth-order valence-corrected chi connectivity index (χ4v) is 2.96. The molecule has 1 aromatic carbocycles. The van der Waals surface area contributed by atoms with Gasteiger partial charge in [0.1, 0.15) is 5.75 Å². The van der Waals surface area contributed by atoms with E-state index in [1.807, 2.05) is 18.2 Å². The number of aromatic nitrogens is 2. The lowest BCUT2D eigenvalue weighted by molar-refractivity contribution is 0.0440. The number of nitrogens with zero attached hydrogens (tertiary/aromatic N) is 1. The molecule has 1 aromatic heterocycles. The molecular formula is C13H17N3O2S. The molecule has 1 unspecified atom stereocenters. The summed E-state index contributed by atoms with van der Waals surface area (Å²) < 4.78 is 10.9. The van der Waals surface area contributed by atoms with Gasteiger partial charge in [-0.2, -0.15) is 0 Å². The van der Waals surface area contributed by atoms with Gasteiger partial charge in [0.25, 0.3) is 0 Å². The molecule has 2 aromatic rings. The van der Waals surface area contributed by atoms with E-state index in [2.05, 4.69) is 15.3 Å². The van der Waals surface area contributed by atoms with Gasteiger partial charge in [-0.3, -0.25) is 0 Å². The molecule has 1 aliphatic rings. The molecule has 1 fully saturated rings. The van der Waals surface area contributed by atoms with E-state index >= 15 is 0 Å². The summed E-state index contributed by atoms with van der Waals surface area (Å²) >= 11 is 1.69. The number of morpholine rings is 1. The molecule has 0 spiro atoms. The SMILES string of the molecule is COc1ccc2nc(SCC3CNCCO3)[nH]c2c1. The Morgan fingerprint density at radius 1 is 1.53 bits per heavy atom. The molecule has 1 saturated heterocycles. The number of fused-ring (bicyclic) bond motifs is 1. The predicted molar refractivity (Wildman–Crippen MR) is 76.0 cm³/mol. The molecule has 3 rings (SSSR count). The molecule has 0 saturated carbocycles. The minimum atomic E-state index is 0.265. The predicted octanol–water partition coefficient (Wildman–Crippen LogP) is 1.65.